The number of esters is 1. The van der Waals surface area contributed by atoms with Gasteiger partial charge in [0.2, 0.25) is 5.91 Å². The van der Waals surface area contributed by atoms with Crippen molar-refractivity contribution in [2.45, 2.75) is 51.9 Å². The molecule has 1 aliphatic rings. The van der Waals surface area contributed by atoms with Crippen molar-refractivity contribution < 1.29 is 19.4 Å². The Hall–Kier alpha value is -1.18. The second-order valence-electron chi connectivity index (χ2n) is 7.51. The second-order valence-corrected chi connectivity index (χ2v) is 7.51. The molecule has 2 N–H and O–H groups in total. The summed E-state index contributed by atoms with van der Waals surface area (Å²) in [6.45, 7) is 11.7. The summed E-state index contributed by atoms with van der Waals surface area (Å²) in [5.74, 6) is -0.934. The lowest BCUT2D eigenvalue weighted by atomic mass is 10.1. The summed E-state index contributed by atoms with van der Waals surface area (Å²) in [7, 11) is 2.06. The number of carbonyl (C=O) groups excluding carboxylic acids is 2. The Morgan fingerprint density at radius 1 is 1.17 bits per heavy atom. The van der Waals surface area contributed by atoms with E-state index in [9.17, 15) is 14.7 Å². The van der Waals surface area contributed by atoms with E-state index in [2.05, 4.69) is 22.2 Å². The molecule has 0 spiro atoms. The fourth-order valence-corrected chi connectivity index (χ4v) is 2.24. The zero-order chi connectivity index (χ0) is 17.8. The van der Waals surface area contributed by atoms with E-state index in [0.29, 0.717) is 0 Å². The number of nitrogens with one attached hydrogen (secondary N) is 1. The number of carbonyl (C=O) groups is 2. The molecule has 1 fully saturated rings. The van der Waals surface area contributed by atoms with Gasteiger partial charge in [-0.15, -0.1) is 0 Å². The van der Waals surface area contributed by atoms with Gasteiger partial charge < -0.3 is 20.1 Å². The van der Waals surface area contributed by atoms with E-state index in [0.717, 1.165) is 26.2 Å². The van der Waals surface area contributed by atoms with Crippen LogP contribution in [0.2, 0.25) is 0 Å². The van der Waals surface area contributed by atoms with Gasteiger partial charge in [-0.05, 0) is 41.7 Å². The highest BCUT2D eigenvalue weighted by Crippen LogP contribution is 2.14. The molecule has 0 unspecified atom stereocenters. The topological polar surface area (TPSA) is 82.1 Å². The van der Waals surface area contributed by atoms with Crippen LogP contribution in [0.4, 0.5) is 0 Å². The molecular weight excluding hydrogens is 298 g/mol. The summed E-state index contributed by atoms with van der Waals surface area (Å²) in [6.07, 6.45) is 0. The van der Waals surface area contributed by atoms with Crippen molar-refractivity contribution in [1.82, 2.24) is 15.1 Å². The molecule has 0 saturated carbocycles. The molecule has 1 rings (SSSR count). The smallest absolute Gasteiger partial charge is 0.340 e. The predicted molar refractivity (Wildman–Crippen MR) is 88.0 cm³/mol. The molecule has 1 amide bonds. The van der Waals surface area contributed by atoms with Crippen molar-refractivity contribution in [2.75, 3.05) is 39.8 Å². The fraction of sp³-hybridized carbons (Fsp3) is 0.875. The van der Waals surface area contributed by atoms with Gasteiger partial charge in [-0.2, -0.15) is 0 Å². The first kappa shape index (κ1) is 19.9. The van der Waals surface area contributed by atoms with E-state index < -0.39 is 17.2 Å². The average Bonchev–Trinajstić information content (AvgIpc) is 2.43. The molecule has 7 nitrogen and oxygen atoms in total. The van der Waals surface area contributed by atoms with Gasteiger partial charge in [0.15, 0.2) is 5.60 Å². The molecule has 0 aromatic rings. The number of hydrogen-bond donors (Lipinski definition) is 2. The molecule has 134 valence electrons. The summed E-state index contributed by atoms with van der Waals surface area (Å²) < 4.78 is 5.17. The number of amides is 1. The Bertz CT molecular complexity index is 424. The normalized spacial score (nSPS) is 21.3. The average molecular weight is 329 g/mol. The SMILES string of the molecule is C[C@H](C(=O)NC[C@](C)(O)C(=O)OC(C)(C)C)N1CCN(C)CC1. The fourth-order valence-electron chi connectivity index (χ4n) is 2.24. The Labute approximate surface area is 139 Å². The molecule has 0 bridgehead atoms. The van der Waals surface area contributed by atoms with Gasteiger partial charge >= 0.3 is 5.97 Å². The van der Waals surface area contributed by atoms with E-state index in [1.54, 1.807) is 20.8 Å². The molecule has 1 aliphatic heterocycles. The van der Waals surface area contributed by atoms with Gasteiger partial charge in [-0.25, -0.2) is 4.79 Å². The van der Waals surface area contributed by atoms with Crippen LogP contribution in [-0.4, -0.2) is 83.8 Å². The molecule has 1 saturated heterocycles. The molecule has 0 radical (unpaired) electrons. The molecule has 2 atom stereocenters. The largest absolute Gasteiger partial charge is 0.458 e. The number of hydrogen-bond acceptors (Lipinski definition) is 6. The van der Waals surface area contributed by atoms with Crippen LogP contribution in [0.3, 0.4) is 0 Å². The third kappa shape index (κ3) is 6.45. The lowest BCUT2D eigenvalue weighted by molar-refractivity contribution is -0.175. The Morgan fingerprint density at radius 3 is 2.17 bits per heavy atom. The Morgan fingerprint density at radius 2 is 1.70 bits per heavy atom. The molecule has 7 heteroatoms. The summed E-state index contributed by atoms with van der Waals surface area (Å²) >= 11 is 0. The summed E-state index contributed by atoms with van der Waals surface area (Å²) in [5, 5.41) is 12.9. The summed E-state index contributed by atoms with van der Waals surface area (Å²) in [5.41, 5.74) is -2.43. The van der Waals surface area contributed by atoms with Crippen molar-refractivity contribution >= 4 is 11.9 Å². The minimum Gasteiger partial charge on any atom is -0.458 e. The quantitative estimate of drug-likeness (QED) is 0.682. The van der Waals surface area contributed by atoms with Gasteiger partial charge in [-0.1, -0.05) is 0 Å². The molecule has 0 aromatic carbocycles. The third-order valence-electron chi connectivity index (χ3n) is 3.91. The van der Waals surface area contributed by atoms with E-state index in [1.807, 2.05) is 6.92 Å². The highest BCUT2D eigenvalue weighted by molar-refractivity contribution is 5.84. The zero-order valence-electron chi connectivity index (χ0n) is 15.2. The molecule has 1 heterocycles. The summed E-state index contributed by atoms with van der Waals surface area (Å²) in [4.78, 5) is 28.5. The maximum Gasteiger partial charge on any atom is 0.340 e. The van der Waals surface area contributed by atoms with Gasteiger partial charge in [0.25, 0.3) is 0 Å². The highest BCUT2D eigenvalue weighted by atomic mass is 16.6. The molecular formula is C16H31N3O4. The van der Waals surface area contributed by atoms with E-state index in [1.165, 1.54) is 6.92 Å². The Kier molecular flexibility index (Phi) is 6.56. The maximum atomic E-state index is 12.2. The van der Waals surface area contributed by atoms with Gasteiger partial charge in [-0.3, -0.25) is 9.69 Å². The van der Waals surface area contributed by atoms with E-state index in [-0.39, 0.29) is 18.5 Å². The lowest BCUT2D eigenvalue weighted by Crippen LogP contribution is -2.55. The van der Waals surface area contributed by atoms with Crippen LogP contribution in [0.15, 0.2) is 0 Å². The van der Waals surface area contributed by atoms with Gasteiger partial charge in [0, 0.05) is 26.2 Å². The maximum absolute atomic E-state index is 12.2. The number of nitrogens with zero attached hydrogens (tertiary/aromatic N) is 2. The van der Waals surface area contributed by atoms with Gasteiger partial charge in [0.05, 0.1) is 12.6 Å². The van der Waals surface area contributed by atoms with Crippen LogP contribution in [0, 0.1) is 0 Å². The number of aliphatic hydroxyl groups is 1. The molecule has 23 heavy (non-hydrogen) atoms. The number of piperazine rings is 1. The van der Waals surface area contributed by atoms with Crippen LogP contribution >= 0.6 is 0 Å². The van der Waals surface area contributed by atoms with Crippen LogP contribution in [-0.2, 0) is 14.3 Å². The Balaban J connectivity index is 2.49. The monoisotopic (exact) mass is 329 g/mol. The van der Waals surface area contributed by atoms with Crippen LogP contribution in [0.5, 0.6) is 0 Å². The van der Waals surface area contributed by atoms with Crippen molar-refractivity contribution in [2.24, 2.45) is 0 Å². The van der Waals surface area contributed by atoms with Crippen LogP contribution in [0.25, 0.3) is 0 Å². The zero-order valence-corrected chi connectivity index (χ0v) is 15.2. The standard InChI is InChI=1S/C16H31N3O4/c1-12(19-9-7-18(6)8-10-19)13(20)17-11-16(5,22)14(21)23-15(2,3)4/h12,22H,7-11H2,1-6H3,(H,17,20)/t12-,16+/m1/s1. The lowest BCUT2D eigenvalue weighted by Gasteiger charge is -2.36. The second kappa shape index (κ2) is 7.59. The first-order valence-corrected chi connectivity index (χ1v) is 8.08. The molecule has 0 aliphatic carbocycles. The van der Waals surface area contributed by atoms with Gasteiger partial charge in [0.1, 0.15) is 5.60 Å². The third-order valence-corrected chi connectivity index (χ3v) is 3.91. The van der Waals surface area contributed by atoms with Crippen molar-refractivity contribution in [3.05, 3.63) is 0 Å². The van der Waals surface area contributed by atoms with Crippen LogP contribution in [0.1, 0.15) is 34.6 Å². The minimum atomic E-state index is -1.75. The van der Waals surface area contributed by atoms with Crippen molar-refractivity contribution in [3.63, 3.8) is 0 Å². The molecule has 0 aromatic heterocycles. The number of ether oxygens (including phenoxy) is 1. The first-order valence-electron chi connectivity index (χ1n) is 8.08. The first-order chi connectivity index (χ1) is 10.4. The summed E-state index contributed by atoms with van der Waals surface area (Å²) in [6, 6.07) is -0.293. The van der Waals surface area contributed by atoms with E-state index in [4.69, 9.17) is 4.74 Å². The number of likely N-dealkylation sites (N-methyl/N-ethyl adjacent to an activating group) is 1. The van der Waals surface area contributed by atoms with Crippen LogP contribution < -0.4 is 5.32 Å². The van der Waals surface area contributed by atoms with E-state index >= 15 is 0 Å². The number of rotatable bonds is 5. The minimum absolute atomic E-state index is 0.168. The predicted octanol–water partition coefficient (Wildman–Crippen LogP) is -0.169. The van der Waals surface area contributed by atoms with Crippen molar-refractivity contribution in [1.29, 1.82) is 0 Å². The van der Waals surface area contributed by atoms with Crippen molar-refractivity contribution in [3.8, 4) is 0 Å². The highest BCUT2D eigenvalue weighted by Gasteiger charge is 2.36.